The van der Waals surface area contributed by atoms with Gasteiger partial charge in [0.1, 0.15) is 17.4 Å². The van der Waals surface area contributed by atoms with Gasteiger partial charge in [-0.3, -0.25) is 14.4 Å². The van der Waals surface area contributed by atoms with Crippen molar-refractivity contribution in [3.8, 4) is 17.7 Å². The molecule has 0 aliphatic carbocycles. The van der Waals surface area contributed by atoms with Gasteiger partial charge in [0.2, 0.25) is 5.88 Å². The molecule has 1 aromatic heterocycles. The van der Waals surface area contributed by atoms with Gasteiger partial charge in [-0.25, -0.2) is 0 Å². The Morgan fingerprint density at radius 2 is 2.19 bits per heavy atom. The highest BCUT2D eigenvalue weighted by molar-refractivity contribution is 6.32. The predicted octanol–water partition coefficient (Wildman–Crippen LogP) is 4.12. The minimum Gasteiger partial charge on any atom is -0.495 e. The van der Waals surface area contributed by atoms with Crippen molar-refractivity contribution < 1.29 is 9.84 Å². The van der Waals surface area contributed by atoms with Crippen LogP contribution in [-0.4, -0.2) is 23.0 Å². The molecule has 0 aliphatic rings. The zero-order valence-electron chi connectivity index (χ0n) is 15.1. The molecule has 1 aromatic carbocycles. The maximum Gasteiger partial charge on any atom is 0.271 e. The quantitative estimate of drug-likeness (QED) is 0.798. The third-order valence-electron chi connectivity index (χ3n) is 4.30. The highest BCUT2D eigenvalue weighted by atomic mass is 35.5. The summed E-state index contributed by atoms with van der Waals surface area (Å²) in [7, 11) is 1.52. The second-order valence-electron chi connectivity index (χ2n) is 5.86. The third-order valence-corrected chi connectivity index (χ3v) is 4.60. The summed E-state index contributed by atoms with van der Waals surface area (Å²) in [6, 6.07) is 6.70. The van der Waals surface area contributed by atoms with Crippen LogP contribution in [0.5, 0.6) is 11.6 Å². The van der Waals surface area contributed by atoms with Crippen LogP contribution >= 0.6 is 11.6 Å². The molecule has 0 amide bonds. The van der Waals surface area contributed by atoms with E-state index in [0.717, 1.165) is 0 Å². The van der Waals surface area contributed by atoms with E-state index in [-0.39, 0.29) is 17.5 Å². The number of nitriles is 1. The van der Waals surface area contributed by atoms with Crippen molar-refractivity contribution >= 4 is 23.5 Å². The summed E-state index contributed by atoms with van der Waals surface area (Å²) in [5.41, 5.74) is 0.763. The summed E-state index contributed by atoms with van der Waals surface area (Å²) in [6.45, 7) is 5.32. The van der Waals surface area contributed by atoms with Gasteiger partial charge in [-0.05, 0) is 44.0 Å². The Labute approximate surface area is 156 Å². The van der Waals surface area contributed by atoms with Gasteiger partial charge in [0, 0.05) is 12.3 Å². The highest BCUT2D eigenvalue weighted by Crippen LogP contribution is 2.29. The number of hydrogen-bond donors (Lipinski definition) is 1. The average molecular weight is 374 g/mol. The van der Waals surface area contributed by atoms with Gasteiger partial charge >= 0.3 is 0 Å². The fourth-order valence-electron chi connectivity index (χ4n) is 2.56. The molecule has 0 saturated carbocycles. The summed E-state index contributed by atoms with van der Waals surface area (Å²) in [5.74, 6) is 0.325. The van der Waals surface area contributed by atoms with Crippen molar-refractivity contribution in [3.63, 3.8) is 0 Å². The molecule has 7 heteroatoms. The van der Waals surface area contributed by atoms with Crippen LogP contribution in [0.25, 0.3) is 0 Å². The molecule has 136 valence electrons. The van der Waals surface area contributed by atoms with Gasteiger partial charge in [-0.2, -0.15) is 5.26 Å². The van der Waals surface area contributed by atoms with Crippen molar-refractivity contribution in [2.24, 2.45) is 4.99 Å². The van der Waals surface area contributed by atoms with Crippen molar-refractivity contribution in [3.05, 3.63) is 50.3 Å². The van der Waals surface area contributed by atoms with Crippen LogP contribution < -0.4 is 10.3 Å². The Bertz CT molecular complexity index is 958. The molecule has 26 heavy (non-hydrogen) atoms. The Balaban J connectivity index is 2.61. The third kappa shape index (κ3) is 3.58. The van der Waals surface area contributed by atoms with Gasteiger partial charge in [0.05, 0.1) is 23.4 Å². The molecule has 2 rings (SSSR count). The number of nitrogens with zero attached hydrogens (tertiary/aromatic N) is 3. The number of aromatic hydroxyl groups is 1. The smallest absolute Gasteiger partial charge is 0.271 e. The van der Waals surface area contributed by atoms with E-state index < -0.39 is 5.56 Å². The van der Waals surface area contributed by atoms with E-state index >= 15 is 0 Å². The van der Waals surface area contributed by atoms with Gasteiger partial charge in [-0.1, -0.05) is 18.5 Å². The monoisotopic (exact) mass is 373 g/mol. The second-order valence-corrected chi connectivity index (χ2v) is 6.27. The van der Waals surface area contributed by atoms with Gasteiger partial charge in [-0.15, -0.1) is 0 Å². The average Bonchev–Trinajstić information content (AvgIpc) is 2.61. The number of aliphatic imine (C=N–C) groups is 1. The summed E-state index contributed by atoms with van der Waals surface area (Å²) in [5, 5.41) is 20.4. The number of ether oxygens (including phenoxy) is 1. The lowest BCUT2D eigenvalue weighted by molar-refractivity contribution is 0.372. The summed E-state index contributed by atoms with van der Waals surface area (Å²) in [6.07, 6.45) is 2.06. The van der Waals surface area contributed by atoms with Crippen LogP contribution in [0.4, 0.5) is 5.69 Å². The number of benzene rings is 1. The maximum absolute atomic E-state index is 12.5. The molecule has 0 saturated heterocycles. The Hall–Kier alpha value is -2.78. The first-order valence-electron chi connectivity index (χ1n) is 8.11. The van der Waals surface area contributed by atoms with E-state index in [2.05, 4.69) is 4.99 Å². The first-order valence-corrected chi connectivity index (χ1v) is 8.49. The molecule has 0 spiro atoms. The van der Waals surface area contributed by atoms with Crippen molar-refractivity contribution in [1.29, 1.82) is 5.26 Å². The van der Waals surface area contributed by atoms with Crippen molar-refractivity contribution in [2.75, 3.05) is 7.11 Å². The molecule has 0 bridgehead atoms. The predicted molar refractivity (Wildman–Crippen MR) is 102 cm³/mol. The summed E-state index contributed by atoms with van der Waals surface area (Å²) < 4.78 is 6.33. The molecular weight excluding hydrogens is 354 g/mol. The number of rotatable bonds is 5. The summed E-state index contributed by atoms with van der Waals surface area (Å²) >= 11 is 6.09. The zero-order chi connectivity index (χ0) is 19.4. The first-order chi connectivity index (χ1) is 12.3. The molecule has 1 unspecified atom stereocenters. The number of aromatic nitrogens is 1. The van der Waals surface area contributed by atoms with Crippen LogP contribution in [0.2, 0.25) is 5.02 Å². The van der Waals surface area contributed by atoms with Crippen molar-refractivity contribution in [1.82, 2.24) is 4.57 Å². The number of hydrogen-bond acceptors (Lipinski definition) is 5. The maximum atomic E-state index is 12.5. The highest BCUT2D eigenvalue weighted by Gasteiger charge is 2.20. The largest absolute Gasteiger partial charge is 0.495 e. The lowest BCUT2D eigenvalue weighted by Crippen LogP contribution is -2.27. The number of halogens is 1. The minimum absolute atomic E-state index is 0.00249. The van der Waals surface area contributed by atoms with Crippen LogP contribution in [0, 0.1) is 18.3 Å². The summed E-state index contributed by atoms with van der Waals surface area (Å²) in [4.78, 5) is 16.8. The molecule has 0 fully saturated rings. The Morgan fingerprint density at radius 1 is 1.50 bits per heavy atom. The lowest BCUT2D eigenvalue weighted by atomic mass is 10.0. The van der Waals surface area contributed by atoms with E-state index in [0.29, 0.717) is 34.0 Å². The molecule has 0 aliphatic heterocycles. The van der Waals surface area contributed by atoms with E-state index in [4.69, 9.17) is 16.3 Å². The Morgan fingerprint density at radius 3 is 2.73 bits per heavy atom. The van der Waals surface area contributed by atoms with Gasteiger partial charge in [0.15, 0.2) is 0 Å². The first kappa shape index (κ1) is 19.5. The van der Waals surface area contributed by atoms with Crippen LogP contribution in [-0.2, 0) is 0 Å². The molecular formula is C19H20ClN3O3. The topological polar surface area (TPSA) is 87.6 Å². The lowest BCUT2D eigenvalue weighted by Gasteiger charge is -2.18. The fraction of sp³-hybridized carbons (Fsp3) is 0.316. The molecule has 0 radical (unpaired) electrons. The molecule has 1 heterocycles. The van der Waals surface area contributed by atoms with Crippen molar-refractivity contribution in [2.45, 2.75) is 33.2 Å². The minimum atomic E-state index is -0.499. The number of methoxy groups -OCH3 is 1. The molecule has 2 aromatic rings. The van der Waals surface area contributed by atoms with E-state index in [9.17, 15) is 15.2 Å². The van der Waals surface area contributed by atoms with Gasteiger partial charge < -0.3 is 9.84 Å². The van der Waals surface area contributed by atoms with Gasteiger partial charge in [0.25, 0.3) is 5.56 Å². The molecule has 1 N–H and O–H groups in total. The van der Waals surface area contributed by atoms with Crippen LogP contribution in [0.15, 0.2) is 28.0 Å². The molecule has 1 atom stereocenters. The Kier molecular flexibility index (Phi) is 6.06. The SMILES string of the molecule is CCC(C)n1c(O)c(C=Nc2ccc(OC)c(Cl)c2)c(C)c(C#N)c1=O. The normalized spacial score (nSPS) is 12.2. The van der Waals surface area contributed by atoms with E-state index in [1.165, 1.54) is 17.9 Å². The molecule has 6 nitrogen and oxygen atoms in total. The fourth-order valence-corrected chi connectivity index (χ4v) is 2.81. The second kappa shape index (κ2) is 8.07. The zero-order valence-corrected chi connectivity index (χ0v) is 15.8. The van der Waals surface area contributed by atoms with E-state index in [1.807, 2.05) is 19.9 Å². The number of pyridine rings is 1. The van der Waals surface area contributed by atoms with Crippen LogP contribution in [0.3, 0.4) is 0 Å². The van der Waals surface area contributed by atoms with E-state index in [1.54, 1.807) is 25.1 Å². The standard InChI is InChI=1S/C19H20ClN3O3/c1-5-11(2)23-18(24)14(9-21)12(3)15(19(23)25)10-22-13-6-7-17(26-4)16(20)8-13/h6-8,10-11,25H,5H2,1-4H3. The van der Waals surface area contributed by atoms with Crippen LogP contribution in [0.1, 0.15) is 43.0 Å².